The van der Waals surface area contributed by atoms with Crippen molar-refractivity contribution >= 4 is 9.84 Å². The van der Waals surface area contributed by atoms with Gasteiger partial charge in [-0.15, -0.1) is 0 Å². The summed E-state index contributed by atoms with van der Waals surface area (Å²) in [7, 11) is -2.79. The second-order valence-corrected chi connectivity index (χ2v) is 6.64. The Hall–Kier alpha value is -0.0900. The van der Waals surface area contributed by atoms with Crippen LogP contribution in [0.4, 0.5) is 0 Å². The molecule has 1 aliphatic heterocycles. The van der Waals surface area contributed by atoms with Crippen molar-refractivity contribution in [2.45, 2.75) is 42.6 Å². The Morgan fingerprint density at radius 2 is 1.54 bits per heavy atom. The van der Waals surface area contributed by atoms with Crippen LogP contribution in [-0.2, 0) is 9.84 Å². The standard InChI is InChI=1S/C9H17NO2S/c11-13(12,9-6-10-7-9)8-4-2-1-3-5-8/h8-10H,1-7H2. The van der Waals surface area contributed by atoms with Crippen molar-refractivity contribution < 1.29 is 8.42 Å². The molecule has 0 aromatic heterocycles. The zero-order chi connectivity index (χ0) is 9.31. The Morgan fingerprint density at radius 1 is 0.923 bits per heavy atom. The fraction of sp³-hybridized carbons (Fsp3) is 1.00. The second-order valence-electron chi connectivity index (χ2n) is 4.13. The summed E-state index contributed by atoms with van der Waals surface area (Å²) in [5.74, 6) is 0. The minimum Gasteiger partial charge on any atom is -0.314 e. The second kappa shape index (κ2) is 3.58. The third-order valence-corrected chi connectivity index (χ3v) is 5.89. The van der Waals surface area contributed by atoms with E-state index < -0.39 is 9.84 Å². The van der Waals surface area contributed by atoms with E-state index in [-0.39, 0.29) is 10.5 Å². The highest BCUT2D eigenvalue weighted by Gasteiger charge is 2.37. The first-order chi connectivity index (χ1) is 6.21. The molecule has 2 fully saturated rings. The van der Waals surface area contributed by atoms with Crippen LogP contribution in [0.3, 0.4) is 0 Å². The normalized spacial score (nSPS) is 27.1. The van der Waals surface area contributed by atoms with Crippen molar-refractivity contribution in [3.8, 4) is 0 Å². The van der Waals surface area contributed by atoms with E-state index in [0.29, 0.717) is 13.1 Å². The van der Waals surface area contributed by atoms with Crippen LogP contribution in [0.15, 0.2) is 0 Å². The maximum atomic E-state index is 11.9. The topological polar surface area (TPSA) is 46.2 Å². The van der Waals surface area contributed by atoms with Crippen LogP contribution >= 0.6 is 0 Å². The van der Waals surface area contributed by atoms with Gasteiger partial charge in [0.1, 0.15) is 0 Å². The number of hydrogen-bond donors (Lipinski definition) is 1. The molecule has 1 heterocycles. The molecule has 4 heteroatoms. The SMILES string of the molecule is O=S(=O)(C1CCCCC1)C1CNC1. The molecule has 0 amide bonds. The zero-order valence-electron chi connectivity index (χ0n) is 7.83. The average molecular weight is 203 g/mol. The molecule has 1 saturated heterocycles. The smallest absolute Gasteiger partial charge is 0.158 e. The maximum Gasteiger partial charge on any atom is 0.158 e. The van der Waals surface area contributed by atoms with Crippen LogP contribution in [0.1, 0.15) is 32.1 Å². The summed E-state index contributed by atoms with van der Waals surface area (Å²) in [5, 5.41) is 2.93. The van der Waals surface area contributed by atoms with Crippen molar-refractivity contribution in [2.75, 3.05) is 13.1 Å². The van der Waals surface area contributed by atoms with Gasteiger partial charge in [-0.2, -0.15) is 0 Å². The highest BCUT2D eigenvalue weighted by atomic mass is 32.2. The summed E-state index contributed by atoms with van der Waals surface area (Å²) in [4.78, 5) is 0. The van der Waals surface area contributed by atoms with E-state index in [4.69, 9.17) is 0 Å². The number of sulfone groups is 1. The molecule has 1 saturated carbocycles. The van der Waals surface area contributed by atoms with Gasteiger partial charge in [-0.05, 0) is 12.8 Å². The molecule has 13 heavy (non-hydrogen) atoms. The lowest BCUT2D eigenvalue weighted by Gasteiger charge is -2.32. The van der Waals surface area contributed by atoms with Gasteiger partial charge < -0.3 is 5.32 Å². The summed E-state index contributed by atoms with van der Waals surface area (Å²) in [6.45, 7) is 1.36. The first-order valence-corrected chi connectivity index (χ1v) is 6.75. The summed E-state index contributed by atoms with van der Waals surface area (Å²) in [6, 6.07) is 0. The van der Waals surface area contributed by atoms with Crippen LogP contribution < -0.4 is 5.32 Å². The van der Waals surface area contributed by atoms with Crippen LogP contribution in [0.2, 0.25) is 0 Å². The molecule has 0 bridgehead atoms. The summed E-state index contributed by atoms with van der Waals surface area (Å²) in [6.07, 6.45) is 5.22. The molecule has 0 unspecified atom stereocenters. The van der Waals surface area contributed by atoms with E-state index in [9.17, 15) is 8.42 Å². The van der Waals surface area contributed by atoms with Gasteiger partial charge in [0.15, 0.2) is 9.84 Å². The minimum atomic E-state index is -2.79. The lowest BCUT2D eigenvalue weighted by Crippen LogP contribution is -2.54. The van der Waals surface area contributed by atoms with E-state index in [1.807, 2.05) is 0 Å². The van der Waals surface area contributed by atoms with Gasteiger partial charge in [0.25, 0.3) is 0 Å². The summed E-state index contributed by atoms with van der Waals surface area (Å²) in [5.41, 5.74) is 0. The first kappa shape index (κ1) is 9.46. The zero-order valence-corrected chi connectivity index (χ0v) is 8.65. The predicted molar refractivity (Wildman–Crippen MR) is 52.5 cm³/mol. The number of hydrogen-bond acceptors (Lipinski definition) is 3. The fourth-order valence-electron chi connectivity index (χ4n) is 2.16. The molecule has 0 spiro atoms. The van der Waals surface area contributed by atoms with E-state index in [2.05, 4.69) is 5.32 Å². The summed E-state index contributed by atoms with van der Waals surface area (Å²) >= 11 is 0. The molecule has 2 aliphatic rings. The largest absolute Gasteiger partial charge is 0.314 e. The third kappa shape index (κ3) is 1.74. The van der Waals surface area contributed by atoms with Crippen molar-refractivity contribution in [3.05, 3.63) is 0 Å². The molecular weight excluding hydrogens is 186 g/mol. The number of rotatable bonds is 2. The average Bonchev–Trinajstić information content (AvgIpc) is 2.02. The third-order valence-electron chi connectivity index (χ3n) is 3.23. The van der Waals surface area contributed by atoms with Crippen LogP contribution in [0.25, 0.3) is 0 Å². The molecule has 0 atom stereocenters. The van der Waals surface area contributed by atoms with Crippen molar-refractivity contribution in [2.24, 2.45) is 0 Å². The molecule has 0 radical (unpaired) electrons. The summed E-state index contributed by atoms with van der Waals surface area (Å²) < 4.78 is 23.9. The molecular formula is C9H17NO2S. The Bertz CT molecular complexity index is 263. The van der Waals surface area contributed by atoms with Crippen LogP contribution in [-0.4, -0.2) is 32.0 Å². The van der Waals surface area contributed by atoms with Gasteiger partial charge in [0, 0.05) is 13.1 Å². The molecule has 2 rings (SSSR count). The predicted octanol–water partition coefficient (Wildman–Crippen LogP) is 0.706. The van der Waals surface area contributed by atoms with Crippen LogP contribution in [0.5, 0.6) is 0 Å². The molecule has 76 valence electrons. The molecule has 3 nitrogen and oxygen atoms in total. The highest BCUT2D eigenvalue weighted by Crippen LogP contribution is 2.27. The van der Waals surface area contributed by atoms with Gasteiger partial charge in [0.05, 0.1) is 10.5 Å². The van der Waals surface area contributed by atoms with E-state index >= 15 is 0 Å². The quantitative estimate of drug-likeness (QED) is 0.719. The van der Waals surface area contributed by atoms with Gasteiger partial charge in [-0.25, -0.2) is 8.42 Å². The Balaban J connectivity index is 2.03. The molecule has 1 N–H and O–H groups in total. The van der Waals surface area contributed by atoms with Crippen molar-refractivity contribution in [3.63, 3.8) is 0 Å². The molecule has 1 aliphatic carbocycles. The molecule has 0 aromatic carbocycles. The van der Waals surface area contributed by atoms with E-state index in [0.717, 1.165) is 25.7 Å². The first-order valence-electron chi connectivity index (χ1n) is 5.14. The maximum absolute atomic E-state index is 11.9. The minimum absolute atomic E-state index is 0.0200. The lowest BCUT2D eigenvalue weighted by molar-refractivity contribution is 0.451. The Kier molecular flexibility index (Phi) is 2.60. The monoisotopic (exact) mass is 203 g/mol. The fourth-order valence-corrected chi connectivity index (χ4v) is 4.40. The van der Waals surface area contributed by atoms with E-state index in [1.54, 1.807) is 0 Å². The van der Waals surface area contributed by atoms with E-state index in [1.165, 1.54) is 6.42 Å². The molecule has 0 aromatic rings. The van der Waals surface area contributed by atoms with Gasteiger partial charge in [-0.1, -0.05) is 19.3 Å². The lowest BCUT2D eigenvalue weighted by atomic mass is 10.0. The highest BCUT2D eigenvalue weighted by molar-refractivity contribution is 7.92. The number of nitrogens with one attached hydrogen (secondary N) is 1. The van der Waals surface area contributed by atoms with Crippen molar-refractivity contribution in [1.29, 1.82) is 0 Å². The van der Waals surface area contributed by atoms with Gasteiger partial charge in [-0.3, -0.25) is 0 Å². The Labute approximate surface area is 79.8 Å². The van der Waals surface area contributed by atoms with Crippen molar-refractivity contribution in [1.82, 2.24) is 5.32 Å². The van der Waals surface area contributed by atoms with Crippen LogP contribution in [0, 0.1) is 0 Å². The Morgan fingerprint density at radius 3 is 2.00 bits per heavy atom. The van der Waals surface area contributed by atoms with Gasteiger partial charge in [0.2, 0.25) is 0 Å². The van der Waals surface area contributed by atoms with Gasteiger partial charge >= 0.3 is 0 Å².